The van der Waals surface area contributed by atoms with Gasteiger partial charge in [-0.05, 0) is 71.6 Å². The summed E-state index contributed by atoms with van der Waals surface area (Å²) in [7, 11) is 0. The summed E-state index contributed by atoms with van der Waals surface area (Å²) in [6, 6.07) is 42.1. The topological polar surface area (TPSA) is 46.4 Å². The molecule has 0 aliphatic carbocycles. The number of benzene rings is 4. The Morgan fingerprint density at radius 1 is 0.600 bits per heavy atom. The van der Waals surface area contributed by atoms with Gasteiger partial charge in [0.1, 0.15) is 18.2 Å². The summed E-state index contributed by atoms with van der Waals surface area (Å²) in [4.78, 5) is 14.0. The van der Waals surface area contributed by atoms with E-state index in [1.54, 1.807) is 0 Å². The zero-order valence-electron chi connectivity index (χ0n) is 25.6. The van der Waals surface area contributed by atoms with Crippen molar-refractivity contribution < 1.29 is 4.74 Å². The second kappa shape index (κ2) is 10.5. The Morgan fingerprint density at radius 2 is 1.29 bits per heavy atom. The van der Waals surface area contributed by atoms with E-state index in [9.17, 15) is 0 Å². The fraction of sp³-hybridized carbons (Fsp3) is 0.128. The lowest BCUT2D eigenvalue weighted by Crippen LogP contribution is -2.23. The number of rotatable bonds is 5. The Balaban J connectivity index is 1.17. The van der Waals surface area contributed by atoms with Crippen molar-refractivity contribution in [3.05, 3.63) is 139 Å². The van der Waals surface area contributed by atoms with Gasteiger partial charge >= 0.3 is 0 Å². The summed E-state index contributed by atoms with van der Waals surface area (Å²) in [5.74, 6) is 2.15. The number of hydrogen-bond donors (Lipinski definition) is 0. The minimum atomic E-state index is 0.00931. The predicted molar refractivity (Wildman–Crippen MR) is 184 cm³/mol. The minimum Gasteiger partial charge on any atom is -0.439 e. The summed E-state index contributed by atoms with van der Waals surface area (Å²) < 4.78 is 8.70. The van der Waals surface area contributed by atoms with Crippen molar-refractivity contribution in [2.24, 2.45) is 0 Å². The van der Waals surface area contributed by atoms with Crippen LogP contribution in [0.2, 0.25) is 0 Å². The minimum absolute atomic E-state index is 0.00931. The molecular weight excluding hydrogens is 554 g/mol. The van der Waals surface area contributed by atoms with Gasteiger partial charge in [-0.2, -0.15) is 0 Å². The normalized spacial score (nSPS) is 13.0. The van der Waals surface area contributed by atoms with Gasteiger partial charge in [0.05, 0.1) is 22.4 Å². The van der Waals surface area contributed by atoms with Crippen molar-refractivity contribution in [2.45, 2.75) is 26.2 Å². The Kier molecular flexibility index (Phi) is 6.31. The molecule has 0 saturated heterocycles. The number of aromatic nitrogens is 3. The molecule has 0 N–H and O–H groups in total. The average molecular weight is 588 g/mol. The Morgan fingerprint density at radius 3 is 2.09 bits per heavy atom. The molecule has 0 bridgehead atoms. The van der Waals surface area contributed by atoms with Crippen LogP contribution in [0.1, 0.15) is 26.3 Å². The van der Waals surface area contributed by atoms with Gasteiger partial charge in [0.2, 0.25) is 5.88 Å². The lowest BCUT2D eigenvalue weighted by molar-refractivity contribution is 0.463. The van der Waals surface area contributed by atoms with E-state index in [1.165, 1.54) is 16.6 Å². The summed E-state index contributed by atoms with van der Waals surface area (Å²) in [6.45, 7) is 7.38. The largest absolute Gasteiger partial charge is 0.439 e. The van der Waals surface area contributed by atoms with Gasteiger partial charge in [-0.15, -0.1) is 0 Å². The lowest BCUT2D eigenvalue weighted by Gasteiger charge is -2.22. The van der Waals surface area contributed by atoms with E-state index in [4.69, 9.17) is 9.72 Å². The van der Waals surface area contributed by atoms with Gasteiger partial charge < -0.3 is 14.5 Å². The fourth-order valence-electron chi connectivity index (χ4n) is 6.28. The number of nitrogens with zero attached hydrogens (tertiary/aromatic N) is 5. The molecule has 6 heteroatoms. The zero-order chi connectivity index (χ0) is 30.5. The molecule has 0 radical (unpaired) electrons. The molecule has 0 spiro atoms. The average Bonchev–Trinajstić information content (AvgIpc) is 3.61. The van der Waals surface area contributed by atoms with Crippen LogP contribution in [0.4, 0.5) is 22.7 Å². The molecule has 8 rings (SSSR count). The molecule has 1 aliphatic heterocycles. The number of pyridine rings is 2. The Labute approximate surface area is 262 Å². The molecule has 1 aliphatic rings. The lowest BCUT2D eigenvalue weighted by atomic mass is 9.88. The highest BCUT2D eigenvalue weighted by Crippen LogP contribution is 2.44. The predicted octanol–water partition coefficient (Wildman–Crippen LogP) is 9.91. The monoisotopic (exact) mass is 587 g/mol. The molecule has 7 aromatic rings. The molecule has 0 fully saturated rings. The van der Waals surface area contributed by atoms with Gasteiger partial charge in [0, 0.05) is 46.7 Å². The first kappa shape index (κ1) is 27.0. The van der Waals surface area contributed by atoms with Crippen molar-refractivity contribution in [1.82, 2.24) is 14.5 Å². The summed E-state index contributed by atoms with van der Waals surface area (Å²) in [6.07, 6.45) is 3.72. The number of fused-ring (bicyclic) bond motifs is 4. The maximum atomic E-state index is 6.47. The first-order chi connectivity index (χ1) is 21.9. The smallest absolute Gasteiger partial charge is 0.221 e. The molecule has 0 atom stereocenters. The molecular formula is C39H33N5O. The number of hydrogen-bond acceptors (Lipinski definition) is 5. The maximum Gasteiger partial charge on any atom is 0.221 e. The van der Waals surface area contributed by atoms with E-state index >= 15 is 0 Å². The molecule has 3 aromatic heterocycles. The van der Waals surface area contributed by atoms with Crippen LogP contribution in [-0.2, 0) is 5.41 Å². The highest BCUT2D eigenvalue weighted by atomic mass is 16.5. The standard InChI is InChI=1S/C39H33N5O/c1-39(2,3)27-19-21-40-37(23-27)44-33-14-8-7-13-31(33)32-18-17-30(25-36(32)44)45-38-24-29(20-22-41-38)43-26-42(28-11-5-4-6-12-28)34-15-9-10-16-35(34)43/h4-25H,26H2,1-3H3. The van der Waals surface area contributed by atoms with E-state index in [2.05, 4.69) is 137 Å². The fourth-order valence-corrected chi connectivity index (χ4v) is 6.28. The second-order valence-corrected chi connectivity index (χ2v) is 12.5. The van der Waals surface area contributed by atoms with Crippen molar-refractivity contribution in [3.63, 3.8) is 0 Å². The summed E-state index contributed by atoms with van der Waals surface area (Å²) in [5, 5.41) is 2.33. The molecule has 6 nitrogen and oxygen atoms in total. The SMILES string of the molecule is CC(C)(C)c1ccnc(-n2c3ccccc3c3ccc(Oc4cc(N5CN(c6ccccc6)c6ccccc65)ccn4)cc32)c1. The van der Waals surface area contributed by atoms with E-state index in [0.29, 0.717) is 12.5 Å². The molecule has 45 heavy (non-hydrogen) atoms. The van der Waals surface area contributed by atoms with Gasteiger partial charge in [-0.25, -0.2) is 9.97 Å². The van der Waals surface area contributed by atoms with Gasteiger partial charge in [-0.1, -0.05) is 69.3 Å². The van der Waals surface area contributed by atoms with Crippen molar-refractivity contribution in [1.29, 1.82) is 0 Å². The molecule has 4 heterocycles. The maximum absolute atomic E-state index is 6.47. The third kappa shape index (κ3) is 4.75. The third-order valence-corrected chi connectivity index (χ3v) is 8.55. The molecule has 0 unspecified atom stereocenters. The quantitative estimate of drug-likeness (QED) is 0.201. The second-order valence-electron chi connectivity index (χ2n) is 12.5. The van der Waals surface area contributed by atoms with Crippen LogP contribution >= 0.6 is 0 Å². The number of anilines is 4. The van der Waals surface area contributed by atoms with Gasteiger partial charge in [0.25, 0.3) is 0 Å². The van der Waals surface area contributed by atoms with Crippen LogP contribution in [0, 0.1) is 0 Å². The summed E-state index contributed by atoms with van der Waals surface area (Å²) >= 11 is 0. The highest BCUT2D eigenvalue weighted by molar-refractivity contribution is 6.09. The Hall–Kier alpha value is -5.62. The molecule has 4 aromatic carbocycles. The van der Waals surface area contributed by atoms with Gasteiger partial charge in [-0.3, -0.25) is 4.57 Å². The van der Waals surface area contributed by atoms with Crippen LogP contribution < -0.4 is 14.5 Å². The first-order valence-electron chi connectivity index (χ1n) is 15.3. The van der Waals surface area contributed by atoms with Crippen LogP contribution in [0.5, 0.6) is 11.6 Å². The van der Waals surface area contributed by atoms with Crippen molar-refractivity contribution in [2.75, 3.05) is 16.5 Å². The molecule has 220 valence electrons. The number of para-hydroxylation sites is 4. The van der Waals surface area contributed by atoms with E-state index in [0.717, 1.165) is 45.0 Å². The molecule has 0 saturated carbocycles. The van der Waals surface area contributed by atoms with Crippen LogP contribution in [0.25, 0.3) is 27.6 Å². The van der Waals surface area contributed by atoms with Crippen LogP contribution in [-0.4, -0.2) is 21.2 Å². The first-order valence-corrected chi connectivity index (χ1v) is 15.3. The number of ether oxygens (including phenoxy) is 1. The van der Waals surface area contributed by atoms with Crippen LogP contribution in [0.3, 0.4) is 0 Å². The van der Waals surface area contributed by atoms with Gasteiger partial charge in [0.15, 0.2) is 0 Å². The Bertz CT molecular complexity index is 2180. The van der Waals surface area contributed by atoms with Crippen LogP contribution in [0.15, 0.2) is 134 Å². The summed E-state index contributed by atoms with van der Waals surface area (Å²) in [5.41, 5.74) is 7.89. The van der Waals surface area contributed by atoms with E-state index in [1.807, 2.05) is 36.7 Å². The molecule has 0 amide bonds. The highest BCUT2D eigenvalue weighted by Gasteiger charge is 2.28. The third-order valence-electron chi connectivity index (χ3n) is 8.55. The zero-order valence-corrected chi connectivity index (χ0v) is 25.6. The van der Waals surface area contributed by atoms with E-state index in [-0.39, 0.29) is 5.41 Å². The van der Waals surface area contributed by atoms with Crippen molar-refractivity contribution in [3.8, 4) is 17.4 Å². The van der Waals surface area contributed by atoms with Crippen molar-refractivity contribution >= 4 is 44.6 Å². The van der Waals surface area contributed by atoms with E-state index < -0.39 is 0 Å².